The van der Waals surface area contributed by atoms with Gasteiger partial charge in [-0.25, -0.2) is 0 Å². The summed E-state index contributed by atoms with van der Waals surface area (Å²) in [4.78, 5) is 13.1. The molecule has 5 nitrogen and oxygen atoms in total. The highest BCUT2D eigenvalue weighted by Crippen LogP contribution is 2.23. The summed E-state index contributed by atoms with van der Waals surface area (Å²) >= 11 is 0. The van der Waals surface area contributed by atoms with Crippen molar-refractivity contribution in [3.63, 3.8) is 0 Å². The molecule has 0 atom stereocenters. The molecule has 1 aromatic rings. The van der Waals surface area contributed by atoms with Gasteiger partial charge in [-0.2, -0.15) is 0 Å². The molecule has 1 rings (SSSR count). The van der Waals surface area contributed by atoms with Crippen LogP contribution in [0.15, 0.2) is 18.5 Å². The fraction of sp³-hybridized carbons (Fsp3) is 0.167. The summed E-state index contributed by atoms with van der Waals surface area (Å²) in [5.74, 6) is -0.315. The summed E-state index contributed by atoms with van der Waals surface area (Å²) in [6.07, 6.45) is 2.15. The molecule has 0 aliphatic rings. The molecular weight excluding hydrogens is 148 g/mol. The predicted molar refractivity (Wildman–Crippen MR) is 37.4 cm³/mol. The lowest BCUT2D eigenvalue weighted by Crippen LogP contribution is -1.93. The minimum absolute atomic E-state index is 0.315. The van der Waals surface area contributed by atoms with Crippen LogP contribution in [0.1, 0.15) is 4.11 Å². The van der Waals surface area contributed by atoms with Gasteiger partial charge in [-0.05, 0) is 0 Å². The molecule has 11 heavy (non-hydrogen) atoms. The Morgan fingerprint density at radius 3 is 3.36 bits per heavy atom. The van der Waals surface area contributed by atoms with Crippen molar-refractivity contribution in [2.45, 2.75) is 0 Å². The molecule has 0 amide bonds. The maximum Gasteiger partial charge on any atom is 0.328 e. The summed E-state index contributed by atoms with van der Waals surface area (Å²) in [5.41, 5.74) is -0.469. The van der Waals surface area contributed by atoms with E-state index in [-0.39, 0.29) is 5.75 Å². The maximum atomic E-state index is 10.4. The van der Waals surface area contributed by atoms with E-state index in [1.54, 1.807) is 0 Å². The van der Waals surface area contributed by atoms with Gasteiger partial charge in [0, 0.05) is 12.3 Å². The van der Waals surface area contributed by atoms with Crippen LogP contribution in [0, 0.1) is 10.1 Å². The smallest absolute Gasteiger partial charge is 0.328 e. The molecule has 0 fully saturated rings. The van der Waals surface area contributed by atoms with Crippen LogP contribution in [-0.4, -0.2) is 16.9 Å². The number of nitrogens with zero attached hydrogens (tertiary/aromatic N) is 2. The van der Waals surface area contributed by atoms with Gasteiger partial charge in [0.1, 0.15) is 6.20 Å². The average molecular weight is 157 g/mol. The van der Waals surface area contributed by atoms with E-state index in [9.17, 15) is 10.1 Å². The summed E-state index contributed by atoms with van der Waals surface area (Å²) in [6, 6.07) is 1.13. The van der Waals surface area contributed by atoms with Crippen molar-refractivity contribution < 1.29 is 13.8 Å². The molecule has 0 aliphatic carbocycles. The Balaban J connectivity index is 3.02. The van der Waals surface area contributed by atoms with Gasteiger partial charge in [0.15, 0.2) is 5.75 Å². The third-order valence-corrected chi connectivity index (χ3v) is 1.07. The van der Waals surface area contributed by atoms with Crippen molar-refractivity contribution >= 4 is 5.69 Å². The first-order valence-electron chi connectivity index (χ1n) is 4.17. The van der Waals surface area contributed by atoms with Crippen molar-refractivity contribution in [1.29, 1.82) is 0 Å². The minimum Gasteiger partial charge on any atom is -0.490 e. The maximum absolute atomic E-state index is 10.4. The summed E-state index contributed by atoms with van der Waals surface area (Å²) < 4.78 is 24.7. The highest BCUT2D eigenvalue weighted by atomic mass is 16.6. The first-order chi connectivity index (χ1) is 6.40. The van der Waals surface area contributed by atoms with Crippen LogP contribution in [0.3, 0.4) is 0 Å². The number of ether oxygens (including phenoxy) is 1. The molecule has 1 heterocycles. The fourth-order valence-corrected chi connectivity index (χ4v) is 0.597. The lowest BCUT2D eigenvalue weighted by Gasteiger charge is -1.97. The largest absolute Gasteiger partial charge is 0.490 e. The van der Waals surface area contributed by atoms with Crippen molar-refractivity contribution in [2.75, 3.05) is 7.04 Å². The molecular formula is C6H6N2O3. The second-order valence-electron chi connectivity index (χ2n) is 1.70. The zero-order valence-corrected chi connectivity index (χ0v) is 5.35. The molecule has 0 N–H and O–H groups in total. The lowest BCUT2D eigenvalue weighted by atomic mass is 10.4. The molecule has 1 aromatic heterocycles. The number of aromatic nitrogens is 1. The highest BCUT2D eigenvalue weighted by Gasteiger charge is 2.12. The van der Waals surface area contributed by atoms with Crippen molar-refractivity contribution in [2.24, 2.45) is 0 Å². The van der Waals surface area contributed by atoms with E-state index in [1.807, 2.05) is 0 Å². The number of methoxy groups -OCH3 is 1. The van der Waals surface area contributed by atoms with Crippen LogP contribution < -0.4 is 4.74 Å². The Labute approximate surface area is 67.0 Å². The summed E-state index contributed by atoms with van der Waals surface area (Å²) in [7, 11) is -2.70. The molecule has 0 aromatic carbocycles. The number of nitro groups is 1. The topological polar surface area (TPSA) is 65.3 Å². The van der Waals surface area contributed by atoms with Crippen LogP contribution in [0.5, 0.6) is 5.75 Å². The molecule has 0 radical (unpaired) electrons. The Hall–Kier alpha value is -1.65. The van der Waals surface area contributed by atoms with Crippen molar-refractivity contribution in [3.8, 4) is 5.75 Å². The van der Waals surface area contributed by atoms with E-state index in [2.05, 4.69) is 9.72 Å². The molecule has 0 bridgehead atoms. The van der Waals surface area contributed by atoms with Gasteiger partial charge < -0.3 is 4.74 Å². The number of pyridine rings is 1. The summed E-state index contributed by atoms with van der Waals surface area (Å²) in [5, 5.41) is 10.4. The van der Waals surface area contributed by atoms with E-state index in [0.29, 0.717) is 0 Å². The zero-order chi connectivity index (χ0) is 10.8. The van der Waals surface area contributed by atoms with E-state index < -0.39 is 17.6 Å². The third kappa shape index (κ3) is 1.43. The van der Waals surface area contributed by atoms with Gasteiger partial charge in [0.05, 0.1) is 16.1 Å². The number of rotatable bonds is 2. The van der Waals surface area contributed by atoms with Crippen molar-refractivity contribution in [3.05, 3.63) is 28.6 Å². The minimum atomic E-state index is -2.70. The van der Waals surface area contributed by atoms with Crippen LogP contribution in [0.4, 0.5) is 5.69 Å². The SMILES string of the molecule is [2H]C([2H])([2H])Oc1ccncc1[N+](=O)[O-]. The van der Waals surface area contributed by atoms with Gasteiger partial charge >= 0.3 is 5.69 Å². The Morgan fingerprint density at radius 2 is 2.73 bits per heavy atom. The highest BCUT2D eigenvalue weighted by molar-refractivity contribution is 5.42. The van der Waals surface area contributed by atoms with Crippen LogP contribution >= 0.6 is 0 Å². The summed E-state index contributed by atoms with van der Waals surface area (Å²) in [6.45, 7) is 0. The van der Waals surface area contributed by atoms with Gasteiger partial charge in [0.2, 0.25) is 0 Å². The molecule has 0 saturated heterocycles. The zero-order valence-electron chi connectivity index (χ0n) is 8.35. The van der Waals surface area contributed by atoms with Gasteiger partial charge in [0.25, 0.3) is 0 Å². The number of hydrogen-bond donors (Lipinski definition) is 0. The lowest BCUT2D eigenvalue weighted by molar-refractivity contribution is -0.386. The van der Waals surface area contributed by atoms with E-state index in [0.717, 1.165) is 12.3 Å². The molecule has 5 heteroatoms. The molecule has 0 unspecified atom stereocenters. The quantitative estimate of drug-likeness (QED) is 0.474. The van der Waals surface area contributed by atoms with Gasteiger partial charge in [-0.15, -0.1) is 0 Å². The first-order valence-corrected chi connectivity index (χ1v) is 2.67. The van der Waals surface area contributed by atoms with Gasteiger partial charge in [-0.1, -0.05) is 0 Å². The first kappa shape index (κ1) is 4.27. The molecule has 0 saturated carbocycles. The predicted octanol–water partition coefficient (Wildman–Crippen LogP) is 0.998. The van der Waals surface area contributed by atoms with Crippen LogP contribution in [0.2, 0.25) is 0 Å². The molecule has 0 spiro atoms. The Kier molecular flexibility index (Phi) is 1.15. The van der Waals surface area contributed by atoms with E-state index >= 15 is 0 Å². The molecule has 0 aliphatic heterocycles. The van der Waals surface area contributed by atoms with E-state index in [4.69, 9.17) is 4.11 Å². The average Bonchev–Trinajstić information content (AvgIpc) is 2.01. The third-order valence-electron chi connectivity index (χ3n) is 1.07. The van der Waals surface area contributed by atoms with Crippen LogP contribution in [-0.2, 0) is 0 Å². The monoisotopic (exact) mass is 157 g/mol. The Bertz CT molecular complexity index is 352. The molecule has 58 valence electrons. The Morgan fingerprint density at radius 1 is 1.91 bits per heavy atom. The van der Waals surface area contributed by atoms with Crippen molar-refractivity contribution in [1.82, 2.24) is 4.98 Å². The van der Waals surface area contributed by atoms with Crippen LogP contribution in [0.25, 0.3) is 0 Å². The van der Waals surface area contributed by atoms with E-state index in [1.165, 1.54) is 6.20 Å². The second-order valence-corrected chi connectivity index (χ2v) is 1.70. The fourth-order valence-electron chi connectivity index (χ4n) is 0.597. The second kappa shape index (κ2) is 2.96. The standard InChI is InChI=1S/C6H6N2O3/c1-11-6-2-3-7-4-5(6)8(9)10/h2-4H,1H3/i1D3. The number of hydrogen-bond acceptors (Lipinski definition) is 4. The van der Waals surface area contributed by atoms with Gasteiger partial charge in [-0.3, -0.25) is 15.1 Å². The normalized spacial score (nSPS) is 14.4.